The molecule has 0 aliphatic carbocycles. The minimum absolute atomic E-state index is 0.0437. The average molecular weight is 363 g/mol. The summed E-state index contributed by atoms with van der Waals surface area (Å²) in [5, 5.41) is 6.78. The average Bonchev–Trinajstić information content (AvgIpc) is 2.65. The lowest BCUT2D eigenvalue weighted by Gasteiger charge is -2.23. The summed E-state index contributed by atoms with van der Waals surface area (Å²) in [6, 6.07) is 17.3. The van der Waals surface area contributed by atoms with Crippen molar-refractivity contribution in [3.05, 3.63) is 66.4 Å². The van der Waals surface area contributed by atoms with Gasteiger partial charge in [0.1, 0.15) is 12.4 Å². The van der Waals surface area contributed by atoms with Crippen LogP contribution in [0.4, 0.5) is 10.5 Å². The van der Waals surface area contributed by atoms with Crippen LogP contribution in [0.2, 0.25) is 0 Å². The first-order chi connectivity index (χ1) is 12.9. The van der Waals surface area contributed by atoms with Gasteiger partial charge in [0, 0.05) is 17.3 Å². The lowest BCUT2D eigenvalue weighted by atomic mass is 9.86. The highest BCUT2D eigenvalue weighted by molar-refractivity contribution is 5.90. The van der Waals surface area contributed by atoms with Gasteiger partial charge in [-0.05, 0) is 41.3 Å². The van der Waals surface area contributed by atoms with Crippen molar-refractivity contribution in [1.82, 2.24) is 10.3 Å². The van der Waals surface area contributed by atoms with Gasteiger partial charge >= 0.3 is 6.03 Å². The minimum atomic E-state index is -0.238. The second kappa shape index (κ2) is 8.08. The summed E-state index contributed by atoms with van der Waals surface area (Å²) in [6.07, 6.45) is 1.77. The molecule has 0 bridgehead atoms. The Hall–Kier alpha value is -3.08. The molecule has 2 aromatic carbocycles. The van der Waals surface area contributed by atoms with Gasteiger partial charge in [0.15, 0.2) is 0 Å². The number of carbonyl (C=O) groups excluding carboxylic acids is 1. The summed E-state index contributed by atoms with van der Waals surface area (Å²) < 4.78 is 5.72. The number of ether oxygens (including phenoxy) is 1. The van der Waals surface area contributed by atoms with Crippen molar-refractivity contribution < 1.29 is 9.53 Å². The van der Waals surface area contributed by atoms with Crippen molar-refractivity contribution in [2.75, 3.05) is 18.5 Å². The zero-order valence-corrected chi connectivity index (χ0v) is 16.0. The smallest absolute Gasteiger partial charge is 0.319 e. The summed E-state index contributed by atoms with van der Waals surface area (Å²) in [4.78, 5) is 16.5. The van der Waals surface area contributed by atoms with E-state index >= 15 is 0 Å². The molecule has 0 radical (unpaired) electrons. The number of anilines is 1. The van der Waals surface area contributed by atoms with E-state index in [1.165, 1.54) is 0 Å². The van der Waals surface area contributed by atoms with Gasteiger partial charge in [0.25, 0.3) is 0 Å². The Morgan fingerprint density at radius 2 is 1.89 bits per heavy atom. The number of benzene rings is 2. The molecule has 0 aliphatic heterocycles. The number of hydrogen-bond acceptors (Lipinski definition) is 3. The molecule has 5 nitrogen and oxygen atoms in total. The van der Waals surface area contributed by atoms with Crippen molar-refractivity contribution >= 4 is 22.6 Å². The predicted octanol–water partition coefficient (Wildman–Crippen LogP) is 4.73. The van der Waals surface area contributed by atoms with Crippen LogP contribution in [0.3, 0.4) is 0 Å². The number of carbonyl (C=O) groups is 1. The number of rotatable bonds is 5. The van der Waals surface area contributed by atoms with Crippen LogP contribution in [-0.2, 0) is 5.41 Å². The fourth-order valence-corrected chi connectivity index (χ4v) is 2.89. The van der Waals surface area contributed by atoms with Gasteiger partial charge in [-0.3, -0.25) is 4.98 Å². The molecule has 0 fully saturated rings. The zero-order valence-electron chi connectivity index (χ0n) is 16.0. The molecule has 3 rings (SSSR count). The summed E-state index contributed by atoms with van der Waals surface area (Å²) in [6.45, 7) is 7.17. The lowest BCUT2D eigenvalue weighted by Crippen LogP contribution is -2.33. The molecule has 140 valence electrons. The van der Waals surface area contributed by atoms with Crippen LogP contribution in [0.15, 0.2) is 60.8 Å². The number of nitrogens with zero attached hydrogens (tertiary/aromatic N) is 1. The van der Waals surface area contributed by atoms with Crippen molar-refractivity contribution in [3.63, 3.8) is 0 Å². The van der Waals surface area contributed by atoms with E-state index in [2.05, 4.69) is 36.4 Å². The largest absolute Gasteiger partial charge is 0.492 e. The minimum Gasteiger partial charge on any atom is -0.492 e. The molecule has 0 aliphatic rings. The summed E-state index contributed by atoms with van der Waals surface area (Å²) in [5.74, 6) is 0.760. The van der Waals surface area contributed by atoms with Gasteiger partial charge in [-0.1, -0.05) is 45.0 Å². The number of fused-ring (bicyclic) bond motifs is 1. The number of pyridine rings is 1. The molecule has 27 heavy (non-hydrogen) atoms. The molecule has 1 heterocycles. The van der Waals surface area contributed by atoms with Crippen LogP contribution in [0.1, 0.15) is 26.3 Å². The van der Waals surface area contributed by atoms with E-state index in [4.69, 9.17) is 4.74 Å². The third-order valence-corrected chi connectivity index (χ3v) is 4.21. The van der Waals surface area contributed by atoms with Crippen LogP contribution in [0, 0.1) is 0 Å². The first-order valence-corrected chi connectivity index (χ1v) is 9.05. The van der Waals surface area contributed by atoms with E-state index in [9.17, 15) is 4.79 Å². The Balaban J connectivity index is 1.50. The monoisotopic (exact) mass is 363 g/mol. The van der Waals surface area contributed by atoms with Gasteiger partial charge in [0.2, 0.25) is 0 Å². The Labute approximate surface area is 159 Å². The Kier molecular flexibility index (Phi) is 5.60. The maximum absolute atomic E-state index is 12.2. The molecular formula is C22H25N3O2. The predicted molar refractivity (Wildman–Crippen MR) is 109 cm³/mol. The Morgan fingerprint density at radius 3 is 2.70 bits per heavy atom. The molecule has 2 amide bonds. The molecule has 0 unspecified atom stereocenters. The fraction of sp³-hybridized carbons (Fsp3) is 0.273. The van der Waals surface area contributed by atoms with Gasteiger partial charge in [0.05, 0.1) is 12.1 Å². The Morgan fingerprint density at radius 1 is 1.07 bits per heavy atom. The lowest BCUT2D eigenvalue weighted by molar-refractivity contribution is 0.247. The summed E-state index contributed by atoms with van der Waals surface area (Å²) >= 11 is 0. The number of amides is 2. The third kappa shape index (κ3) is 4.97. The molecule has 2 N–H and O–H groups in total. The van der Waals surface area contributed by atoms with Gasteiger partial charge < -0.3 is 15.4 Å². The molecule has 0 saturated carbocycles. The molecule has 1 aromatic heterocycles. The van der Waals surface area contributed by atoms with Crippen LogP contribution in [-0.4, -0.2) is 24.2 Å². The standard InChI is InChI=1S/C22H25N3O2/c1-22(2,3)18-8-4-5-9-20(18)25-21(26)24-13-14-27-17-10-11-19-16(15-17)7-6-12-23-19/h4-12,15H,13-14H2,1-3H3,(H2,24,25,26). The van der Waals surface area contributed by atoms with E-state index in [1.54, 1.807) is 6.20 Å². The van der Waals surface area contributed by atoms with E-state index in [0.717, 1.165) is 27.9 Å². The van der Waals surface area contributed by atoms with Crippen LogP contribution in [0.25, 0.3) is 10.9 Å². The topological polar surface area (TPSA) is 63.2 Å². The maximum Gasteiger partial charge on any atom is 0.319 e. The maximum atomic E-state index is 12.2. The highest BCUT2D eigenvalue weighted by Gasteiger charge is 2.18. The zero-order chi connectivity index (χ0) is 19.3. The van der Waals surface area contributed by atoms with Crippen molar-refractivity contribution in [3.8, 4) is 5.75 Å². The number of para-hydroxylation sites is 1. The van der Waals surface area contributed by atoms with E-state index < -0.39 is 0 Å². The first-order valence-electron chi connectivity index (χ1n) is 9.05. The summed E-state index contributed by atoms with van der Waals surface area (Å²) in [5.41, 5.74) is 2.81. The highest BCUT2D eigenvalue weighted by atomic mass is 16.5. The summed E-state index contributed by atoms with van der Waals surface area (Å²) in [7, 11) is 0. The van der Waals surface area contributed by atoms with E-state index in [-0.39, 0.29) is 11.4 Å². The normalized spacial score (nSPS) is 11.2. The number of urea groups is 1. The van der Waals surface area contributed by atoms with Gasteiger partial charge in [-0.15, -0.1) is 0 Å². The van der Waals surface area contributed by atoms with Crippen LogP contribution >= 0.6 is 0 Å². The molecule has 0 atom stereocenters. The van der Waals surface area contributed by atoms with Crippen molar-refractivity contribution in [2.45, 2.75) is 26.2 Å². The second-order valence-electron chi connectivity index (χ2n) is 7.38. The number of nitrogens with one attached hydrogen (secondary N) is 2. The van der Waals surface area contributed by atoms with Crippen LogP contribution in [0.5, 0.6) is 5.75 Å². The quantitative estimate of drug-likeness (QED) is 0.644. The van der Waals surface area contributed by atoms with Crippen LogP contribution < -0.4 is 15.4 Å². The number of hydrogen-bond donors (Lipinski definition) is 2. The molecule has 5 heteroatoms. The fourth-order valence-electron chi connectivity index (χ4n) is 2.89. The molecule has 3 aromatic rings. The second-order valence-corrected chi connectivity index (χ2v) is 7.38. The van der Waals surface area contributed by atoms with Crippen molar-refractivity contribution in [2.24, 2.45) is 0 Å². The van der Waals surface area contributed by atoms with Crippen molar-refractivity contribution in [1.29, 1.82) is 0 Å². The number of aromatic nitrogens is 1. The van der Waals surface area contributed by atoms with E-state index in [0.29, 0.717) is 13.2 Å². The van der Waals surface area contributed by atoms with Gasteiger partial charge in [-0.25, -0.2) is 4.79 Å². The highest BCUT2D eigenvalue weighted by Crippen LogP contribution is 2.29. The molecule has 0 spiro atoms. The Bertz CT molecular complexity index is 932. The SMILES string of the molecule is CC(C)(C)c1ccccc1NC(=O)NCCOc1ccc2ncccc2c1. The van der Waals surface area contributed by atoms with Gasteiger partial charge in [-0.2, -0.15) is 0 Å². The molecular weight excluding hydrogens is 338 g/mol. The first kappa shape index (κ1) is 18.7. The molecule has 0 saturated heterocycles. The van der Waals surface area contributed by atoms with E-state index in [1.807, 2.05) is 54.6 Å². The third-order valence-electron chi connectivity index (χ3n) is 4.21.